The van der Waals surface area contributed by atoms with E-state index in [0.717, 1.165) is 12.5 Å². The molecule has 0 aromatic heterocycles. The van der Waals surface area contributed by atoms with Crippen molar-refractivity contribution in [1.82, 2.24) is 0 Å². The molecule has 0 spiro atoms. The lowest BCUT2D eigenvalue weighted by Gasteiger charge is -2.33. The smallest absolute Gasteiger partial charge is 0.333 e. The molecule has 3 atom stereocenters. The van der Waals surface area contributed by atoms with Gasteiger partial charge in [0.2, 0.25) is 0 Å². The fourth-order valence-electron chi connectivity index (χ4n) is 1.81. The van der Waals surface area contributed by atoms with Gasteiger partial charge >= 0.3 is 11.9 Å². The standard InChI is InChI=1S/C12H18O6/c1-8-3-4-9(10(18-8)7-11(13)14)17-6-5-12(15)16-2/h5-6,8-10H,3-4,7H2,1-2H3,(H,13,14)/b6-5+/t8-,9-,10+/m0/s1. The SMILES string of the molecule is COC(=O)/C=C/O[C@H]1CC[C@H](C)O[C@@H]1CC(=O)O. The van der Waals surface area contributed by atoms with E-state index in [4.69, 9.17) is 14.6 Å². The van der Waals surface area contributed by atoms with Gasteiger partial charge in [0.1, 0.15) is 12.2 Å². The first kappa shape index (κ1) is 14.5. The van der Waals surface area contributed by atoms with Gasteiger partial charge < -0.3 is 19.3 Å². The molecule has 0 aliphatic carbocycles. The number of rotatable bonds is 5. The van der Waals surface area contributed by atoms with Gasteiger partial charge in [0, 0.05) is 0 Å². The summed E-state index contributed by atoms with van der Waals surface area (Å²) in [7, 11) is 1.27. The van der Waals surface area contributed by atoms with Crippen LogP contribution in [0.15, 0.2) is 12.3 Å². The molecule has 1 N–H and O–H groups in total. The maximum Gasteiger partial charge on any atom is 0.333 e. The molecule has 0 saturated carbocycles. The number of esters is 1. The van der Waals surface area contributed by atoms with Crippen molar-refractivity contribution in [1.29, 1.82) is 0 Å². The summed E-state index contributed by atoms with van der Waals surface area (Å²) < 4.78 is 15.3. The first-order chi connectivity index (χ1) is 8.52. The maximum atomic E-state index is 10.9. The van der Waals surface area contributed by atoms with Crippen molar-refractivity contribution in [3.8, 4) is 0 Å². The Kier molecular flexibility index (Phi) is 5.64. The maximum absolute atomic E-state index is 10.9. The van der Waals surface area contributed by atoms with Crippen molar-refractivity contribution in [2.75, 3.05) is 7.11 Å². The van der Waals surface area contributed by atoms with Crippen LogP contribution in [0.2, 0.25) is 0 Å². The molecule has 0 aromatic rings. The molecular formula is C12H18O6. The molecule has 18 heavy (non-hydrogen) atoms. The van der Waals surface area contributed by atoms with Gasteiger partial charge in [0.05, 0.1) is 32.0 Å². The summed E-state index contributed by atoms with van der Waals surface area (Å²) in [5.74, 6) is -1.45. The van der Waals surface area contributed by atoms with Crippen molar-refractivity contribution < 1.29 is 28.9 Å². The van der Waals surface area contributed by atoms with Crippen molar-refractivity contribution >= 4 is 11.9 Å². The summed E-state index contributed by atoms with van der Waals surface area (Å²) in [4.78, 5) is 21.6. The number of carboxylic acid groups (broad SMARTS) is 1. The van der Waals surface area contributed by atoms with E-state index < -0.39 is 18.0 Å². The van der Waals surface area contributed by atoms with Gasteiger partial charge in [-0.05, 0) is 19.8 Å². The fourth-order valence-corrected chi connectivity index (χ4v) is 1.81. The Hall–Kier alpha value is -1.56. The summed E-state index contributed by atoms with van der Waals surface area (Å²) in [6, 6.07) is 0. The second kappa shape index (κ2) is 7.00. The quantitative estimate of drug-likeness (QED) is 0.452. The van der Waals surface area contributed by atoms with E-state index in [9.17, 15) is 9.59 Å². The summed E-state index contributed by atoms with van der Waals surface area (Å²) >= 11 is 0. The monoisotopic (exact) mass is 258 g/mol. The Morgan fingerprint density at radius 2 is 2.17 bits per heavy atom. The molecule has 102 valence electrons. The minimum Gasteiger partial charge on any atom is -0.495 e. The number of hydrogen-bond donors (Lipinski definition) is 1. The largest absolute Gasteiger partial charge is 0.495 e. The van der Waals surface area contributed by atoms with Crippen LogP contribution in [0.5, 0.6) is 0 Å². The van der Waals surface area contributed by atoms with Gasteiger partial charge in [-0.15, -0.1) is 0 Å². The van der Waals surface area contributed by atoms with Crippen LogP contribution < -0.4 is 0 Å². The highest BCUT2D eigenvalue weighted by molar-refractivity contribution is 5.81. The molecule has 1 heterocycles. The Morgan fingerprint density at radius 1 is 1.44 bits per heavy atom. The summed E-state index contributed by atoms with van der Waals surface area (Å²) in [5.41, 5.74) is 0. The predicted octanol–water partition coefficient (Wildman–Crippen LogP) is 1.10. The van der Waals surface area contributed by atoms with Gasteiger partial charge in [-0.2, -0.15) is 0 Å². The molecule has 0 radical (unpaired) electrons. The highest BCUT2D eigenvalue weighted by Gasteiger charge is 2.32. The van der Waals surface area contributed by atoms with E-state index in [1.165, 1.54) is 13.4 Å². The zero-order chi connectivity index (χ0) is 13.5. The summed E-state index contributed by atoms with van der Waals surface area (Å²) in [5, 5.41) is 8.79. The third-order valence-electron chi connectivity index (χ3n) is 2.71. The lowest BCUT2D eigenvalue weighted by molar-refractivity contribution is -0.152. The number of aliphatic carboxylic acids is 1. The van der Waals surface area contributed by atoms with Crippen molar-refractivity contribution in [3.05, 3.63) is 12.3 Å². The van der Waals surface area contributed by atoms with E-state index in [0.29, 0.717) is 6.42 Å². The first-order valence-corrected chi connectivity index (χ1v) is 5.80. The second-order valence-electron chi connectivity index (χ2n) is 4.16. The zero-order valence-electron chi connectivity index (χ0n) is 10.5. The third-order valence-corrected chi connectivity index (χ3v) is 2.71. The fraction of sp³-hybridized carbons (Fsp3) is 0.667. The van der Waals surface area contributed by atoms with Crippen LogP contribution in [0, 0.1) is 0 Å². The Morgan fingerprint density at radius 3 is 2.78 bits per heavy atom. The lowest BCUT2D eigenvalue weighted by Crippen LogP contribution is -2.40. The van der Waals surface area contributed by atoms with Gasteiger partial charge in [0.25, 0.3) is 0 Å². The molecule has 0 unspecified atom stereocenters. The van der Waals surface area contributed by atoms with Gasteiger partial charge in [-0.3, -0.25) is 4.79 Å². The molecule has 1 rings (SSSR count). The number of methoxy groups -OCH3 is 1. The number of carboxylic acids is 1. The van der Waals surface area contributed by atoms with Crippen LogP contribution in [-0.4, -0.2) is 42.5 Å². The number of ether oxygens (including phenoxy) is 3. The van der Waals surface area contributed by atoms with E-state index in [1.807, 2.05) is 6.92 Å². The molecule has 6 nitrogen and oxygen atoms in total. The van der Waals surface area contributed by atoms with Crippen LogP contribution in [0.4, 0.5) is 0 Å². The normalized spacial score (nSPS) is 28.0. The van der Waals surface area contributed by atoms with Crippen LogP contribution in [0.1, 0.15) is 26.2 Å². The number of carbonyl (C=O) groups excluding carboxylic acids is 1. The van der Waals surface area contributed by atoms with E-state index >= 15 is 0 Å². The van der Waals surface area contributed by atoms with Gasteiger partial charge in [-0.1, -0.05) is 0 Å². The molecule has 1 fully saturated rings. The molecule has 1 aliphatic heterocycles. The minimum atomic E-state index is -0.931. The van der Waals surface area contributed by atoms with Gasteiger partial charge in [0.15, 0.2) is 0 Å². The molecule has 1 aliphatic rings. The number of carbonyl (C=O) groups is 2. The van der Waals surface area contributed by atoms with Gasteiger partial charge in [-0.25, -0.2) is 4.79 Å². The molecule has 6 heteroatoms. The molecule has 0 aromatic carbocycles. The van der Waals surface area contributed by atoms with Crippen molar-refractivity contribution in [3.63, 3.8) is 0 Å². The highest BCUT2D eigenvalue weighted by Crippen LogP contribution is 2.24. The Bertz CT molecular complexity index is 325. The van der Waals surface area contributed by atoms with Crippen molar-refractivity contribution in [2.24, 2.45) is 0 Å². The van der Waals surface area contributed by atoms with Crippen LogP contribution >= 0.6 is 0 Å². The predicted molar refractivity (Wildman–Crippen MR) is 61.9 cm³/mol. The van der Waals surface area contributed by atoms with E-state index in [-0.39, 0.29) is 18.6 Å². The van der Waals surface area contributed by atoms with E-state index in [1.54, 1.807) is 0 Å². The average Bonchev–Trinajstić information content (AvgIpc) is 2.31. The van der Waals surface area contributed by atoms with Crippen LogP contribution in [0.25, 0.3) is 0 Å². The van der Waals surface area contributed by atoms with Crippen LogP contribution in [-0.2, 0) is 23.8 Å². The summed E-state index contributed by atoms with van der Waals surface area (Å²) in [6.45, 7) is 1.90. The van der Waals surface area contributed by atoms with E-state index in [2.05, 4.69) is 4.74 Å². The average molecular weight is 258 g/mol. The third kappa shape index (κ3) is 4.75. The summed E-state index contributed by atoms with van der Waals surface area (Å²) in [6.07, 6.45) is 2.95. The topological polar surface area (TPSA) is 82.1 Å². The molecular weight excluding hydrogens is 240 g/mol. The Balaban J connectivity index is 2.52. The molecule has 0 amide bonds. The zero-order valence-corrected chi connectivity index (χ0v) is 10.5. The Labute approximate surface area is 106 Å². The number of hydrogen-bond acceptors (Lipinski definition) is 5. The molecule has 1 saturated heterocycles. The molecule has 0 bridgehead atoms. The van der Waals surface area contributed by atoms with Crippen molar-refractivity contribution in [2.45, 2.75) is 44.5 Å². The second-order valence-corrected chi connectivity index (χ2v) is 4.16. The lowest BCUT2D eigenvalue weighted by atomic mass is 9.99. The minimum absolute atomic E-state index is 0.0267. The highest BCUT2D eigenvalue weighted by atomic mass is 16.6. The van der Waals surface area contributed by atoms with Crippen LogP contribution in [0.3, 0.4) is 0 Å². The first-order valence-electron chi connectivity index (χ1n) is 5.80.